The van der Waals surface area contributed by atoms with Gasteiger partial charge < -0.3 is 19.4 Å². The number of rotatable bonds is 7. The number of nitrogens with zero attached hydrogens (tertiary/aromatic N) is 2. The molecule has 0 atom stereocenters. The number of aromatic nitrogens is 2. The normalized spacial score (nSPS) is 11.3. The Bertz CT molecular complexity index is 1330. The van der Waals surface area contributed by atoms with Gasteiger partial charge in [0.1, 0.15) is 22.5 Å². The molecule has 1 aromatic heterocycles. The number of ether oxygens (including phenoxy) is 2. The minimum atomic E-state index is -1.47. The molecule has 0 amide bonds. The van der Waals surface area contributed by atoms with Crippen LogP contribution in [-0.2, 0) is 4.79 Å². The molecule has 33 heavy (non-hydrogen) atoms. The quantitative estimate of drug-likeness (QED) is 0.166. The first-order valence-corrected chi connectivity index (χ1v) is 10.3. The Hall–Kier alpha value is -3.04. The molecule has 0 aliphatic carbocycles. The monoisotopic (exact) mass is 468 g/mol. The zero-order valence-corrected chi connectivity index (χ0v) is 21.0. The van der Waals surface area contributed by atoms with Gasteiger partial charge in [0.15, 0.2) is 5.78 Å². The Labute approximate surface area is 216 Å². The number of allylic oxidation sites excluding steroid dienone is 1. The van der Waals surface area contributed by atoms with E-state index in [-0.39, 0.29) is 40.7 Å². The van der Waals surface area contributed by atoms with E-state index in [1.54, 1.807) is 66.7 Å². The molecule has 160 valence electrons. The molecular formula is C24H17N2NaO5S. The molecule has 0 unspecified atom stereocenters. The number of methoxy groups -OCH3 is 2. The number of benzene rings is 3. The molecule has 0 aliphatic rings. The van der Waals surface area contributed by atoms with Gasteiger partial charge in [0, 0.05) is 16.7 Å². The molecule has 4 rings (SSSR count). The van der Waals surface area contributed by atoms with Crippen LogP contribution >= 0.6 is 11.7 Å². The Morgan fingerprint density at radius 2 is 1.24 bits per heavy atom. The topological polar surface area (TPSA) is 101 Å². The summed E-state index contributed by atoms with van der Waals surface area (Å²) in [6.07, 6.45) is 0. The number of ketones is 1. The van der Waals surface area contributed by atoms with Crippen molar-refractivity contribution < 1.29 is 53.7 Å². The van der Waals surface area contributed by atoms with Crippen LogP contribution in [0, 0.1) is 0 Å². The summed E-state index contributed by atoms with van der Waals surface area (Å²) in [6, 6.07) is 17.9. The zero-order chi connectivity index (χ0) is 22.7. The fraction of sp³-hybridized carbons (Fsp3) is 0.0833. The molecule has 0 aliphatic heterocycles. The van der Waals surface area contributed by atoms with Crippen LogP contribution in [0.2, 0.25) is 0 Å². The molecule has 0 radical (unpaired) electrons. The Morgan fingerprint density at radius 3 is 1.79 bits per heavy atom. The third kappa shape index (κ3) is 5.15. The van der Waals surface area contributed by atoms with Gasteiger partial charge in [-0.15, -0.1) is 0 Å². The first-order valence-electron chi connectivity index (χ1n) is 9.53. The van der Waals surface area contributed by atoms with Crippen molar-refractivity contribution in [1.29, 1.82) is 0 Å². The molecule has 7 nitrogen and oxygen atoms in total. The van der Waals surface area contributed by atoms with E-state index in [4.69, 9.17) is 9.47 Å². The number of carbonyl (C=O) groups is 2. The maximum atomic E-state index is 13.6. The molecule has 4 aromatic rings. The maximum absolute atomic E-state index is 13.6. The number of carboxylic acids is 1. The summed E-state index contributed by atoms with van der Waals surface area (Å²) in [7, 11) is 3.05. The molecule has 0 N–H and O–H groups in total. The number of hydrogen-bond acceptors (Lipinski definition) is 8. The van der Waals surface area contributed by atoms with Gasteiger partial charge in [-0.25, -0.2) is 0 Å². The number of aliphatic carboxylic acids is 1. The summed E-state index contributed by atoms with van der Waals surface area (Å²) in [4.78, 5) is 25.9. The standard InChI is InChI=1S/C24H18N2O5S.Na/c1-30-17-8-3-14(4-9-17)21(23(27)15-5-10-18(31-2)11-6-15)22(24(28)29)16-7-12-19-20(13-16)26-32-25-19;/h3-13H,1-2H3,(H,28,29);/q;+1/p-1/b22-21+;. The van der Waals surface area contributed by atoms with Crippen LogP contribution in [0.1, 0.15) is 21.5 Å². The van der Waals surface area contributed by atoms with Gasteiger partial charge in [-0.05, 0) is 59.7 Å². The van der Waals surface area contributed by atoms with Crippen LogP contribution < -0.4 is 44.1 Å². The molecular weight excluding hydrogens is 451 g/mol. The summed E-state index contributed by atoms with van der Waals surface area (Å²) < 4.78 is 18.7. The van der Waals surface area contributed by atoms with E-state index in [2.05, 4.69) is 8.75 Å². The van der Waals surface area contributed by atoms with Gasteiger partial charge in [0.05, 0.1) is 31.9 Å². The van der Waals surface area contributed by atoms with Crippen LogP contribution in [-0.4, -0.2) is 34.7 Å². The van der Waals surface area contributed by atoms with Crippen molar-refractivity contribution in [2.24, 2.45) is 0 Å². The van der Waals surface area contributed by atoms with Crippen LogP contribution in [0.25, 0.3) is 22.2 Å². The van der Waals surface area contributed by atoms with Gasteiger partial charge in [-0.3, -0.25) is 4.79 Å². The van der Waals surface area contributed by atoms with E-state index in [0.717, 1.165) is 11.7 Å². The van der Waals surface area contributed by atoms with Crippen molar-refractivity contribution in [3.8, 4) is 11.5 Å². The molecule has 0 bridgehead atoms. The molecule has 0 spiro atoms. The van der Waals surface area contributed by atoms with E-state index in [1.807, 2.05) is 0 Å². The smallest absolute Gasteiger partial charge is 0.545 e. The summed E-state index contributed by atoms with van der Waals surface area (Å²) in [5.74, 6) is -0.776. The molecule has 9 heteroatoms. The van der Waals surface area contributed by atoms with Gasteiger partial charge in [0.2, 0.25) is 0 Å². The minimum absolute atomic E-state index is 0. The Morgan fingerprint density at radius 1 is 0.727 bits per heavy atom. The van der Waals surface area contributed by atoms with Gasteiger partial charge in [0.25, 0.3) is 0 Å². The summed E-state index contributed by atoms with van der Waals surface area (Å²) in [6.45, 7) is 0. The predicted octanol–water partition coefficient (Wildman–Crippen LogP) is 0.256. The largest absolute Gasteiger partial charge is 1.00 e. The van der Waals surface area contributed by atoms with Crippen molar-refractivity contribution >= 4 is 45.7 Å². The second-order valence-corrected chi connectivity index (χ2v) is 7.32. The van der Waals surface area contributed by atoms with E-state index in [1.165, 1.54) is 14.2 Å². The molecule has 3 aromatic carbocycles. The number of hydrogen-bond donors (Lipinski definition) is 0. The molecule has 1 heterocycles. The Balaban J connectivity index is 0.00000306. The van der Waals surface area contributed by atoms with Crippen molar-refractivity contribution in [2.75, 3.05) is 14.2 Å². The first kappa shape index (κ1) is 24.6. The predicted molar refractivity (Wildman–Crippen MR) is 120 cm³/mol. The SMILES string of the molecule is COc1ccc(C(=O)/C(=C(/C(=O)[O-])c2ccc3nsnc3c2)c2ccc(OC)cc2)cc1.[Na+]. The fourth-order valence-electron chi connectivity index (χ4n) is 3.34. The first-order chi connectivity index (χ1) is 15.5. The van der Waals surface area contributed by atoms with E-state index in [0.29, 0.717) is 39.2 Å². The van der Waals surface area contributed by atoms with E-state index >= 15 is 0 Å². The zero-order valence-electron chi connectivity index (χ0n) is 18.2. The molecule has 0 saturated heterocycles. The maximum Gasteiger partial charge on any atom is 1.00 e. The van der Waals surface area contributed by atoms with Crippen LogP contribution in [0.5, 0.6) is 11.5 Å². The molecule has 0 fully saturated rings. The van der Waals surface area contributed by atoms with Gasteiger partial charge in [-0.2, -0.15) is 8.75 Å². The second kappa shape index (κ2) is 10.7. The van der Waals surface area contributed by atoms with Gasteiger partial charge in [-0.1, -0.05) is 18.2 Å². The number of Topliss-reactive ketones (excluding diaryl/α,β-unsaturated/α-hetero) is 1. The van der Waals surface area contributed by atoms with Crippen molar-refractivity contribution in [3.63, 3.8) is 0 Å². The van der Waals surface area contributed by atoms with Crippen molar-refractivity contribution in [2.45, 2.75) is 0 Å². The minimum Gasteiger partial charge on any atom is -0.545 e. The number of carboxylic acid groups (broad SMARTS) is 1. The number of fused-ring (bicyclic) bond motifs is 1. The van der Waals surface area contributed by atoms with E-state index < -0.39 is 11.8 Å². The Kier molecular flexibility index (Phi) is 7.99. The summed E-state index contributed by atoms with van der Waals surface area (Å²) in [5, 5.41) is 12.3. The summed E-state index contributed by atoms with van der Waals surface area (Å²) in [5.41, 5.74) is 1.99. The van der Waals surface area contributed by atoms with Crippen LogP contribution in [0.4, 0.5) is 0 Å². The van der Waals surface area contributed by atoms with Crippen LogP contribution in [0.15, 0.2) is 66.7 Å². The van der Waals surface area contributed by atoms with Crippen LogP contribution in [0.3, 0.4) is 0 Å². The summed E-state index contributed by atoms with van der Waals surface area (Å²) >= 11 is 1.03. The molecule has 0 saturated carbocycles. The fourth-order valence-corrected chi connectivity index (χ4v) is 3.85. The van der Waals surface area contributed by atoms with Crippen molar-refractivity contribution in [3.05, 3.63) is 83.4 Å². The third-order valence-corrected chi connectivity index (χ3v) is 5.51. The van der Waals surface area contributed by atoms with Gasteiger partial charge >= 0.3 is 29.6 Å². The number of carbonyl (C=O) groups excluding carboxylic acids is 2. The third-order valence-electron chi connectivity index (χ3n) is 4.95. The van der Waals surface area contributed by atoms with E-state index in [9.17, 15) is 14.7 Å². The second-order valence-electron chi connectivity index (χ2n) is 6.79. The average molecular weight is 468 g/mol. The average Bonchev–Trinajstić information content (AvgIpc) is 3.30. The van der Waals surface area contributed by atoms with Crippen molar-refractivity contribution in [1.82, 2.24) is 8.75 Å².